The van der Waals surface area contributed by atoms with Gasteiger partial charge in [0, 0.05) is 13.1 Å². The minimum absolute atomic E-state index is 0. The molecule has 0 spiro atoms. The zero-order valence-corrected chi connectivity index (χ0v) is 29.3. The van der Waals surface area contributed by atoms with Gasteiger partial charge >= 0.3 is 42.1 Å². The molecule has 0 aliphatic rings. The van der Waals surface area contributed by atoms with Gasteiger partial charge in [-0.15, -0.1) is 26.3 Å². The fourth-order valence-corrected chi connectivity index (χ4v) is 1.86. The number of allylic oxidation sites excluding steroid dienone is 2. The summed E-state index contributed by atoms with van der Waals surface area (Å²) in [6.07, 6.45) is 12.1. The summed E-state index contributed by atoms with van der Waals surface area (Å²) in [6.45, 7) is 30.2. The molecule has 0 aromatic carbocycles. The molecule has 0 unspecified atom stereocenters. The van der Waals surface area contributed by atoms with Crippen molar-refractivity contribution in [3.63, 3.8) is 0 Å². The molecule has 2 nitrogen and oxygen atoms in total. The molecule has 0 saturated carbocycles. The number of hydrogen-bond acceptors (Lipinski definition) is 2. The van der Waals surface area contributed by atoms with Crippen molar-refractivity contribution in [2.24, 2.45) is 0 Å². The van der Waals surface area contributed by atoms with Crippen LogP contribution in [0.2, 0.25) is 0 Å². The number of unbranched alkanes of at least 4 members (excludes halogenated alkanes) is 1. The molecular formula is C29H65N2Pt2+. The van der Waals surface area contributed by atoms with E-state index in [0.717, 1.165) is 65.0 Å². The van der Waals surface area contributed by atoms with Crippen LogP contribution in [0.1, 0.15) is 53.4 Å². The first-order chi connectivity index (χ1) is 11.6. The molecule has 33 heavy (non-hydrogen) atoms. The van der Waals surface area contributed by atoms with E-state index in [4.69, 9.17) is 0 Å². The molecule has 0 rings (SSSR count). The molecule has 0 fully saturated rings. The van der Waals surface area contributed by atoms with Crippen LogP contribution in [0.4, 0.5) is 0 Å². The SMILES string of the molecule is C=CCCC=C.C=CCCN(CC)CC.C=CCCN(CC)CC.[CH3-].[CH3-].[CH3-].[CH3-].[CH3-].[CH3-].[CH3-].[Pt+4].[Pt+4]. The molecule has 4 heteroatoms. The van der Waals surface area contributed by atoms with Crippen molar-refractivity contribution in [3.8, 4) is 0 Å². The Morgan fingerprint density at radius 3 is 0.727 bits per heavy atom. The molecule has 0 atom stereocenters. The first-order valence-electron chi connectivity index (χ1n) is 9.49. The molecule has 0 amide bonds. The summed E-state index contributed by atoms with van der Waals surface area (Å²) in [7, 11) is 0. The molecule has 0 radical (unpaired) electrons. The molecule has 0 saturated heterocycles. The maximum atomic E-state index is 3.67. The van der Waals surface area contributed by atoms with E-state index >= 15 is 0 Å². The Kier molecular flexibility index (Phi) is 178. The Bertz CT molecular complexity index is 247. The van der Waals surface area contributed by atoms with Gasteiger partial charge in [0.15, 0.2) is 0 Å². The van der Waals surface area contributed by atoms with Gasteiger partial charge in [-0.25, -0.2) is 0 Å². The van der Waals surface area contributed by atoms with Crippen LogP contribution in [0.5, 0.6) is 0 Å². The van der Waals surface area contributed by atoms with Crippen molar-refractivity contribution >= 4 is 0 Å². The van der Waals surface area contributed by atoms with E-state index in [-0.39, 0.29) is 94.1 Å². The van der Waals surface area contributed by atoms with Crippen LogP contribution in [0.25, 0.3) is 0 Å². The standard InChI is InChI=1S/2C8H17N.C6H10.7CH3.2Pt/c2*1-4-7-8-9(5-2)6-3;1-3-5-6-4-2;;;;;;;;;/h2*4H,1,5-8H2,2-3H3;3-4H,1-2,5-6H2;7*1H3;;/q;;;7*-1;2*+4. The second-order valence-corrected chi connectivity index (χ2v) is 5.36. The first kappa shape index (κ1) is 76.6. The van der Waals surface area contributed by atoms with Crippen LogP contribution in [0.15, 0.2) is 50.6 Å². The third kappa shape index (κ3) is 79.6. The second kappa shape index (κ2) is 76.8. The van der Waals surface area contributed by atoms with Gasteiger partial charge in [-0.2, -0.15) is 0 Å². The van der Waals surface area contributed by atoms with Gasteiger partial charge in [0.2, 0.25) is 0 Å². The quantitative estimate of drug-likeness (QED) is 0.104. The molecule has 0 aliphatic heterocycles. The molecule has 0 N–H and O–H groups in total. The molecule has 0 bridgehead atoms. The summed E-state index contributed by atoms with van der Waals surface area (Å²) < 4.78 is 0. The molecule has 210 valence electrons. The second-order valence-electron chi connectivity index (χ2n) is 5.36. The number of nitrogens with zero attached hydrogens (tertiary/aromatic N) is 2. The van der Waals surface area contributed by atoms with Gasteiger partial charge in [-0.05, 0) is 51.9 Å². The van der Waals surface area contributed by atoms with Crippen molar-refractivity contribution in [1.29, 1.82) is 0 Å². The van der Waals surface area contributed by atoms with E-state index in [0.29, 0.717) is 0 Å². The Hall–Kier alpha value is 0.257. The summed E-state index contributed by atoms with van der Waals surface area (Å²) in [5.41, 5.74) is 0. The predicted molar refractivity (Wildman–Crippen MR) is 160 cm³/mol. The summed E-state index contributed by atoms with van der Waals surface area (Å²) in [5.74, 6) is 0. The maximum Gasteiger partial charge on any atom is 4.00 e. The topological polar surface area (TPSA) is 6.48 Å². The molecule has 0 aromatic rings. The molecule has 0 heterocycles. The maximum absolute atomic E-state index is 3.67. The fraction of sp³-hybridized carbons (Fsp3) is 0.483. The van der Waals surface area contributed by atoms with Crippen molar-refractivity contribution in [2.75, 3.05) is 39.3 Å². The third-order valence-corrected chi connectivity index (χ3v) is 3.66. The van der Waals surface area contributed by atoms with E-state index < -0.39 is 0 Å². The monoisotopic (exact) mass is 831 g/mol. The third-order valence-electron chi connectivity index (χ3n) is 3.66. The average Bonchev–Trinajstić information content (AvgIpc) is 2.63. The van der Waals surface area contributed by atoms with E-state index in [2.05, 4.69) is 63.8 Å². The van der Waals surface area contributed by atoms with Crippen LogP contribution in [0, 0.1) is 52.0 Å². The summed E-state index contributed by atoms with van der Waals surface area (Å²) >= 11 is 0. The van der Waals surface area contributed by atoms with Gasteiger partial charge in [0.25, 0.3) is 0 Å². The van der Waals surface area contributed by atoms with Crippen molar-refractivity contribution in [3.05, 3.63) is 103 Å². The molecule has 0 aromatic heterocycles. The Morgan fingerprint density at radius 2 is 0.606 bits per heavy atom. The van der Waals surface area contributed by atoms with Crippen LogP contribution in [-0.4, -0.2) is 49.1 Å². The van der Waals surface area contributed by atoms with Crippen LogP contribution in [-0.2, 0) is 42.1 Å². The largest absolute Gasteiger partial charge is 4.00 e. The van der Waals surface area contributed by atoms with Gasteiger partial charge in [0.1, 0.15) is 0 Å². The van der Waals surface area contributed by atoms with Crippen LogP contribution >= 0.6 is 0 Å². The Morgan fingerprint density at radius 1 is 0.424 bits per heavy atom. The number of rotatable bonds is 13. The van der Waals surface area contributed by atoms with Crippen LogP contribution in [0.3, 0.4) is 0 Å². The Balaban J connectivity index is -0.0000000179. The Labute approximate surface area is 246 Å². The fourth-order valence-electron chi connectivity index (χ4n) is 1.86. The normalized spacial score (nSPS) is 6.85. The minimum atomic E-state index is 0. The molecule has 0 aliphatic carbocycles. The van der Waals surface area contributed by atoms with Gasteiger partial charge in [-0.1, -0.05) is 52.0 Å². The zero-order chi connectivity index (χ0) is 19.1. The van der Waals surface area contributed by atoms with Crippen molar-refractivity contribution in [2.45, 2.75) is 53.4 Å². The van der Waals surface area contributed by atoms with Crippen molar-refractivity contribution < 1.29 is 42.1 Å². The summed E-state index contributed by atoms with van der Waals surface area (Å²) in [5, 5.41) is 0. The van der Waals surface area contributed by atoms with E-state index in [1.807, 2.05) is 24.3 Å². The van der Waals surface area contributed by atoms with Gasteiger partial charge in [0.05, 0.1) is 0 Å². The number of hydrogen-bond donors (Lipinski definition) is 0. The smallest absolute Gasteiger partial charge is 0.358 e. The average molecular weight is 832 g/mol. The molecular weight excluding hydrogens is 766 g/mol. The summed E-state index contributed by atoms with van der Waals surface area (Å²) in [4.78, 5) is 4.78. The van der Waals surface area contributed by atoms with Gasteiger partial charge < -0.3 is 61.8 Å². The zero-order valence-electron chi connectivity index (χ0n) is 24.7. The first-order valence-corrected chi connectivity index (χ1v) is 9.49. The van der Waals surface area contributed by atoms with E-state index in [1.165, 1.54) is 0 Å². The summed E-state index contributed by atoms with van der Waals surface area (Å²) in [6, 6.07) is 0. The van der Waals surface area contributed by atoms with Crippen LogP contribution < -0.4 is 0 Å². The van der Waals surface area contributed by atoms with E-state index in [9.17, 15) is 0 Å². The predicted octanol–water partition coefficient (Wildman–Crippen LogP) is 9.09. The minimum Gasteiger partial charge on any atom is -0.358 e. The van der Waals surface area contributed by atoms with Gasteiger partial charge in [-0.3, -0.25) is 0 Å². The van der Waals surface area contributed by atoms with Crippen molar-refractivity contribution in [1.82, 2.24) is 9.80 Å². The van der Waals surface area contributed by atoms with E-state index in [1.54, 1.807) is 0 Å².